The van der Waals surface area contributed by atoms with Crippen molar-refractivity contribution >= 4 is 16.9 Å². The van der Waals surface area contributed by atoms with Crippen LogP contribution in [0.4, 0.5) is 0 Å². The normalized spacial score (nSPS) is 22.5. The second kappa shape index (κ2) is 15.6. The minimum Gasteiger partial charge on any atom is -0.392 e. The summed E-state index contributed by atoms with van der Waals surface area (Å²) in [6, 6.07) is 32.5. The largest absolute Gasteiger partial charge is 0.392 e. The number of aliphatic hydroxyl groups is 1. The number of amides is 1. The molecule has 1 amide bonds. The third-order valence-corrected chi connectivity index (χ3v) is 9.97. The van der Waals surface area contributed by atoms with Crippen molar-refractivity contribution < 1.29 is 24.1 Å². The SMILES string of the molecule is COCC1CCCN1CC1OC(c2ccc(-c3cccc(CNC(=O)c4cnc5ccccc5n4)c3)cc2)OC(c2ccc(CO)cc2)C1C. The first-order chi connectivity index (χ1) is 24.5. The zero-order valence-electron chi connectivity index (χ0n) is 28.6. The third kappa shape index (κ3) is 7.62. The summed E-state index contributed by atoms with van der Waals surface area (Å²) in [4.78, 5) is 24.2. The second-order valence-electron chi connectivity index (χ2n) is 13.3. The van der Waals surface area contributed by atoms with Crippen molar-refractivity contribution in [2.75, 3.05) is 26.8 Å². The van der Waals surface area contributed by atoms with Gasteiger partial charge in [-0.25, -0.2) is 4.98 Å². The summed E-state index contributed by atoms with van der Waals surface area (Å²) in [7, 11) is 1.77. The van der Waals surface area contributed by atoms with E-state index in [2.05, 4.69) is 75.6 Å². The molecule has 0 spiro atoms. The number of rotatable bonds is 11. The van der Waals surface area contributed by atoms with E-state index in [0.29, 0.717) is 23.8 Å². The fraction of sp³-hybridized carbons (Fsp3) is 0.341. The van der Waals surface area contributed by atoms with E-state index in [-0.39, 0.29) is 30.6 Å². The summed E-state index contributed by atoms with van der Waals surface area (Å²) in [6.07, 6.45) is 3.07. The van der Waals surface area contributed by atoms with E-state index in [4.69, 9.17) is 14.2 Å². The van der Waals surface area contributed by atoms with Crippen LogP contribution in [0.3, 0.4) is 0 Å². The van der Waals surface area contributed by atoms with Gasteiger partial charge in [0.1, 0.15) is 5.69 Å². The van der Waals surface area contributed by atoms with Gasteiger partial charge in [0.15, 0.2) is 6.29 Å². The summed E-state index contributed by atoms with van der Waals surface area (Å²) >= 11 is 0. The third-order valence-electron chi connectivity index (χ3n) is 9.97. The molecule has 1 aromatic heterocycles. The van der Waals surface area contributed by atoms with E-state index in [1.54, 1.807) is 7.11 Å². The number of likely N-dealkylation sites (tertiary alicyclic amines) is 1. The van der Waals surface area contributed by atoms with Crippen LogP contribution in [0.25, 0.3) is 22.2 Å². The van der Waals surface area contributed by atoms with Crippen LogP contribution in [0, 0.1) is 5.92 Å². The molecule has 9 nitrogen and oxygen atoms in total. The van der Waals surface area contributed by atoms with Crippen LogP contribution in [0.1, 0.15) is 64.9 Å². The molecule has 7 rings (SSSR count). The van der Waals surface area contributed by atoms with E-state index in [0.717, 1.165) is 71.4 Å². The Balaban J connectivity index is 1.06. The topological polar surface area (TPSA) is 106 Å². The molecular weight excluding hydrogens is 628 g/mol. The van der Waals surface area contributed by atoms with Crippen molar-refractivity contribution in [2.24, 2.45) is 5.92 Å². The molecule has 0 bridgehead atoms. The molecule has 0 saturated carbocycles. The first-order valence-corrected chi connectivity index (χ1v) is 17.4. The van der Waals surface area contributed by atoms with Gasteiger partial charge in [0, 0.05) is 37.7 Å². The highest BCUT2D eigenvalue weighted by Gasteiger charge is 2.40. The van der Waals surface area contributed by atoms with Gasteiger partial charge in [0.2, 0.25) is 0 Å². The van der Waals surface area contributed by atoms with Crippen molar-refractivity contribution in [1.29, 1.82) is 0 Å². The fourth-order valence-corrected chi connectivity index (χ4v) is 7.11. The molecule has 3 heterocycles. The van der Waals surface area contributed by atoms with Crippen molar-refractivity contribution in [3.05, 3.63) is 131 Å². The number of hydrogen-bond acceptors (Lipinski definition) is 8. The summed E-state index contributed by atoms with van der Waals surface area (Å²) in [5.74, 6) is -0.148. The summed E-state index contributed by atoms with van der Waals surface area (Å²) in [6.45, 7) is 5.16. The maximum absolute atomic E-state index is 12.9. The highest BCUT2D eigenvalue weighted by Crippen LogP contribution is 2.42. The minimum absolute atomic E-state index is 0.00990. The molecule has 5 aromatic rings. The molecule has 5 atom stereocenters. The van der Waals surface area contributed by atoms with Gasteiger partial charge in [-0.05, 0) is 65.4 Å². The molecule has 2 aliphatic rings. The van der Waals surface area contributed by atoms with Crippen LogP contribution in [-0.2, 0) is 27.4 Å². The van der Waals surface area contributed by atoms with Crippen LogP contribution in [0.15, 0.2) is 103 Å². The molecule has 0 aliphatic carbocycles. The highest BCUT2D eigenvalue weighted by atomic mass is 16.7. The Hall–Kier alpha value is -4.51. The zero-order chi connectivity index (χ0) is 34.5. The highest BCUT2D eigenvalue weighted by molar-refractivity contribution is 5.93. The van der Waals surface area contributed by atoms with E-state index in [9.17, 15) is 9.90 Å². The molecule has 5 unspecified atom stereocenters. The number of ether oxygens (including phenoxy) is 3. The standard InChI is InChI=1S/C41H44N4O5/c1-27-38(24-45-20-6-9-34(45)26-48-2)49-41(50-39(27)31-14-12-28(25-46)13-15-31)32-18-16-30(17-19-32)33-8-5-7-29(21-33)22-43-40(47)37-23-42-35-10-3-4-11-36(35)44-37/h3-5,7-8,10-19,21,23,27,34,38-39,41,46H,6,9,20,22,24-26H2,1-2H3,(H,43,47). The lowest BCUT2D eigenvalue weighted by molar-refractivity contribution is -0.276. The number of nitrogens with zero attached hydrogens (tertiary/aromatic N) is 3. The van der Waals surface area contributed by atoms with Crippen molar-refractivity contribution in [3.63, 3.8) is 0 Å². The van der Waals surface area contributed by atoms with Crippen molar-refractivity contribution in [2.45, 2.75) is 57.5 Å². The van der Waals surface area contributed by atoms with Crippen LogP contribution >= 0.6 is 0 Å². The van der Waals surface area contributed by atoms with Gasteiger partial charge in [-0.1, -0.05) is 85.8 Å². The number of nitrogens with one attached hydrogen (secondary N) is 1. The predicted octanol–water partition coefficient (Wildman–Crippen LogP) is 6.62. The first kappa shape index (κ1) is 34.0. The number of hydrogen-bond donors (Lipinski definition) is 2. The van der Waals surface area contributed by atoms with Gasteiger partial charge in [-0.15, -0.1) is 0 Å². The smallest absolute Gasteiger partial charge is 0.271 e. The summed E-state index contributed by atoms with van der Waals surface area (Å²) < 4.78 is 19.0. The average Bonchev–Trinajstić information content (AvgIpc) is 3.61. The van der Waals surface area contributed by atoms with E-state index < -0.39 is 6.29 Å². The number of para-hydroxylation sites is 2. The monoisotopic (exact) mass is 672 g/mol. The lowest BCUT2D eigenvalue weighted by atomic mass is 9.89. The lowest BCUT2D eigenvalue weighted by Crippen LogP contribution is -2.46. The van der Waals surface area contributed by atoms with Crippen LogP contribution < -0.4 is 5.32 Å². The Morgan fingerprint density at radius 2 is 1.70 bits per heavy atom. The van der Waals surface area contributed by atoms with Crippen molar-refractivity contribution in [3.8, 4) is 11.1 Å². The van der Waals surface area contributed by atoms with Gasteiger partial charge in [0.05, 0.1) is 42.7 Å². The van der Waals surface area contributed by atoms with Crippen molar-refractivity contribution in [1.82, 2.24) is 20.2 Å². The quantitative estimate of drug-likeness (QED) is 0.161. The van der Waals surface area contributed by atoms with Gasteiger partial charge in [-0.2, -0.15) is 0 Å². The number of fused-ring (bicyclic) bond motifs is 1. The maximum atomic E-state index is 12.9. The Bertz CT molecular complexity index is 1900. The van der Waals surface area contributed by atoms with E-state index >= 15 is 0 Å². The predicted molar refractivity (Wildman–Crippen MR) is 192 cm³/mol. The molecule has 2 saturated heterocycles. The van der Waals surface area contributed by atoms with Gasteiger partial charge >= 0.3 is 0 Å². The number of methoxy groups -OCH3 is 1. The van der Waals surface area contributed by atoms with Gasteiger partial charge in [-0.3, -0.25) is 14.7 Å². The van der Waals surface area contributed by atoms with Crippen LogP contribution in [0.2, 0.25) is 0 Å². The number of aromatic nitrogens is 2. The number of benzene rings is 4. The Morgan fingerprint density at radius 3 is 2.48 bits per heavy atom. The molecule has 2 aliphatic heterocycles. The number of aliphatic hydroxyl groups excluding tert-OH is 1. The molecule has 0 radical (unpaired) electrons. The minimum atomic E-state index is -0.531. The molecule has 258 valence electrons. The zero-order valence-corrected chi connectivity index (χ0v) is 28.6. The first-order valence-electron chi connectivity index (χ1n) is 17.4. The fourth-order valence-electron chi connectivity index (χ4n) is 7.11. The number of carbonyl (C=O) groups excluding carboxylic acids is 1. The molecule has 2 fully saturated rings. The lowest BCUT2D eigenvalue weighted by Gasteiger charge is -2.43. The number of carbonyl (C=O) groups is 1. The molecule has 2 N–H and O–H groups in total. The summed E-state index contributed by atoms with van der Waals surface area (Å²) in [5, 5.41) is 12.6. The van der Waals surface area contributed by atoms with Gasteiger partial charge < -0.3 is 24.6 Å². The molecule has 9 heteroatoms. The van der Waals surface area contributed by atoms with Gasteiger partial charge in [0.25, 0.3) is 5.91 Å². The van der Waals surface area contributed by atoms with E-state index in [1.165, 1.54) is 6.20 Å². The van der Waals surface area contributed by atoms with Crippen LogP contribution in [0.5, 0.6) is 0 Å². The Morgan fingerprint density at radius 1 is 0.920 bits per heavy atom. The van der Waals surface area contributed by atoms with E-state index in [1.807, 2.05) is 48.5 Å². The molecular formula is C41H44N4O5. The van der Waals surface area contributed by atoms with Crippen LogP contribution in [-0.4, -0.2) is 64.8 Å². The molecule has 50 heavy (non-hydrogen) atoms. The average molecular weight is 673 g/mol. The summed E-state index contributed by atoms with van der Waals surface area (Å²) in [5.41, 5.74) is 7.73. The maximum Gasteiger partial charge on any atom is 0.271 e. The second-order valence-corrected chi connectivity index (χ2v) is 13.3. The Labute approximate surface area is 293 Å². The molecule has 4 aromatic carbocycles. The Kier molecular flexibility index (Phi) is 10.6.